The molecule has 0 aliphatic heterocycles. The van der Waals surface area contributed by atoms with Crippen molar-refractivity contribution in [3.8, 4) is 0 Å². The molecule has 2 amide bonds. The van der Waals surface area contributed by atoms with Crippen molar-refractivity contribution in [1.29, 1.82) is 0 Å². The van der Waals surface area contributed by atoms with Crippen LogP contribution in [0, 0.1) is 11.8 Å². The van der Waals surface area contributed by atoms with Crippen LogP contribution in [0.2, 0.25) is 0 Å². The van der Waals surface area contributed by atoms with E-state index in [-0.39, 0.29) is 17.7 Å². The van der Waals surface area contributed by atoms with Gasteiger partial charge in [-0.25, -0.2) is 4.98 Å². The first kappa shape index (κ1) is 19.5. The van der Waals surface area contributed by atoms with Crippen LogP contribution in [0.5, 0.6) is 0 Å². The van der Waals surface area contributed by atoms with E-state index < -0.39 is 6.04 Å². The largest absolute Gasteiger partial charge is 0.340 e. The normalized spacial score (nSPS) is 18.3. The van der Waals surface area contributed by atoms with E-state index in [2.05, 4.69) is 22.5 Å². The van der Waals surface area contributed by atoms with Gasteiger partial charge >= 0.3 is 0 Å². The Hall–Kier alpha value is -2.21. The van der Waals surface area contributed by atoms with Crippen LogP contribution in [-0.2, 0) is 17.6 Å². The predicted molar refractivity (Wildman–Crippen MR) is 109 cm³/mol. The fourth-order valence-electron chi connectivity index (χ4n) is 3.29. The fourth-order valence-corrected chi connectivity index (χ4v) is 4.47. The van der Waals surface area contributed by atoms with Crippen molar-refractivity contribution >= 4 is 28.3 Å². The molecule has 1 aromatic heterocycles. The van der Waals surface area contributed by atoms with E-state index in [1.165, 1.54) is 4.88 Å². The number of rotatable bonds is 6. The summed E-state index contributed by atoms with van der Waals surface area (Å²) in [6.45, 7) is 6.24. The molecule has 5 nitrogen and oxygen atoms in total. The van der Waals surface area contributed by atoms with Gasteiger partial charge in [-0.15, -0.1) is 11.3 Å². The summed E-state index contributed by atoms with van der Waals surface area (Å²) in [4.78, 5) is 31.3. The van der Waals surface area contributed by atoms with Crippen molar-refractivity contribution in [3.63, 3.8) is 0 Å². The Morgan fingerprint density at radius 1 is 1.30 bits per heavy atom. The molecule has 0 saturated heterocycles. The van der Waals surface area contributed by atoms with E-state index in [1.807, 2.05) is 32.0 Å². The van der Waals surface area contributed by atoms with Crippen LogP contribution in [0.25, 0.3) is 0 Å². The fraction of sp³-hybridized carbons (Fsp3) is 0.476. The average molecular weight is 386 g/mol. The summed E-state index contributed by atoms with van der Waals surface area (Å²) in [5, 5.41) is 6.48. The van der Waals surface area contributed by atoms with Gasteiger partial charge in [0.15, 0.2) is 5.13 Å². The Balaban J connectivity index is 1.71. The predicted octanol–water partition coefficient (Wildman–Crippen LogP) is 4.05. The second-order valence-corrected chi connectivity index (χ2v) is 8.51. The van der Waals surface area contributed by atoms with Gasteiger partial charge in [0.05, 0.1) is 5.69 Å². The summed E-state index contributed by atoms with van der Waals surface area (Å²) >= 11 is 1.56. The summed E-state index contributed by atoms with van der Waals surface area (Å²) in [7, 11) is 0. The molecule has 0 radical (unpaired) electrons. The number of nitrogens with one attached hydrogen (secondary N) is 2. The van der Waals surface area contributed by atoms with E-state index in [1.54, 1.807) is 23.5 Å². The first-order chi connectivity index (χ1) is 13.0. The molecule has 1 aliphatic carbocycles. The van der Waals surface area contributed by atoms with E-state index in [4.69, 9.17) is 0 Å². The molecule has 0 fully saturated rings. The summed E-state index contributed by atoms with van der Waals surface area (Å²) in [5.74, 6) is 0.253. The SMILES string of the molecule is CC[C@H](C)[C@H](NC(=O)c1ccccc1)C(=O)Nc1nc2c(s1)C[C@H](C)CC2. The third-order valence-corrected chi connectivity index (χ3v) is 6.27. The molecule has 0 saturated carbocycles. The number of amides is 2. The van der Waals surface area contributed by atoms with E-state index in [9.17, 15) is 9.59 Å². The molecule has 144 valence electrons. The van der Waals surface area contributed by atoms with Crippen LogP contribution in [0.3, 0.4) is 0 Å². The zero-order chi connectivity index (χ0) is 19.4. The zero-order valence-corrected chi connectivity index (χ0v) is 16.9. The molecule has 27 heavy (non-hydrogen) atoms. The lowest BCUT2D eigenvalue weighted by Gasteiger charge is -2.23. The van der Waals surface area contributed by atoms with Gasteiger partial charge in [-0.2, -0.15) is 0 Å². The van der Waals surface area contributed by atoms with Gasteiger partial charge < -0.3 is 10.6 Å². The summed E-state index contributed by atoms with van der Waals surface area (Å²) in [6, 6.07) is 8.39. The molecule has 0 bridgehead atoms. The molecule has 0 spiro atoms. The summed E-state index contributed by atoms with van der Waals surface area (Å²) < 4.78 is 0. The number of hydrogen-bond acceptors (Lipinski definition) is 4. The number of nitrogens with zero attached hydrogens (tertiary/aromatic N) is 1. The van der Waals surface area contributed by atoms with Crippen molar-refractivity contribution in [3.05, 3.63) is 46.5 Å². The Kier molecular flexibility index (Phi) is 6.26. The minimum atomic E-state index is -0.595. The van der Waals surface area contributed by atoms with Crippen molar-refractivity contribution in [2.75, 3.05) is 5.32 Å². The molecule has 2 N–H and O–H groups in total. The highest BCUT2D eigenvalue weighted by molar-refractivity contribution is 7.15. The minimum Gasteiger partial charge on any atom is -0.340 e. The lowest BCUT2D eigenvalue weighted by atomic mass is 9.93. The van der Waals surface area contributed by atoms with Crippen LogP contribution < -0.4 is 10.6 Å². The number of thiazole rings is 1. The molecule has 0 unspecified atom stereocenters. The quantitative estimate of drug-likeness (QED) is 0.788. The van der Waals surface area contributed by atoms with E-state index in [0.29, 0.717) is 16.6 Å². The van der Waals surface area contributed by atoms with Gasteiger partial charge in [-0.05, 0) is 43.2 Å². The van der Waals surface area contributed by atoms with E-state index in [0.717, 1.165) is 31.4 Å². The second kappa shape index (κ2) is 8.65. The van der Waals surface area contributed by atoms with E-state index >= 15 is 0 Å². The third-order valence-electron chi connectivity index (χ3n) is 5.23. The number of fused-ring (bicyclic) bond motifs is 1. The van der Waals surface area contributed by atoms with Gasteiger partial charge in [0.1, 0.15) is 6.04 Å². The molecular weight excluding hydrogens is 358 g/mol. The maximum absolute atomic E-state index is 12.9. The van der Waals surface area contributed by atoms with Crippen LogP contribution in [0.4, 0.5) is 5.13 Å². The second-order valence-electron chi connectivity index (χ2n) is 7.43. The summed E-state index contributed by atoms with van der Waals surface area (Å²) in [6.07, 6.45) is 3.94. The summed E-state index contributed by atoms with van der Waals surface area (Å²) in [5.41, 5.74) is 1.67. The third kappa shape index (κ3) is 4.75. The number of aromatic nitrogens is 1. The average Bonchev–Trinajstić information content (AvgIpc) is 3.07. The zero-order valence-electron chi connectivity index (χ0n) is 16.1. The number of benzene rings is 1. The molecule has 1 aromatic carbocycles. The van der Waals surface area contributed by atoms with Crippen molar-refractivity contribution in [1.82, 2.24) is 10.3 Å². The highest BCUT2D eigenvalue weighted by atomic mass is 32.1. The Morgan fingerprint density at radius 2 is 2.04 bits per heavy atom. The first-order valence-electron chi connectivity index (χ1n) is 9.63. The molecule has 1 heterocycles. The highest BCUT2D eigenvalue weighted by Gasteiger charge is 2.28. The lowest BCUT2D eigenvalue weighted by Crippen LogP contribution is -2.47. The maximum Gasteiger partial charge on any atom is 0.251 e. The first-order valence-corrected chi connectivity index (χ1v) is 10.4. The van der Waals surface area contributed by atoms with Crippen LogP contribution in [0.1, 0.15) is 54.5 Å². The molecule has 3 rings (SSSR count). The standard InChI is InChI=1S/C21H27N3O2S/c1-4-14(3)18(23-19(25)15-8-6-5-7-9-15)20(26)24-21-22-16-11-10-13(2)12-17(16)27-21/h5-9,13-14,18H,4,10-12H2,1-3H3,(H,23,25)(H,22,24,26)/t13-,14+,18+/m1/s1. The Morgan fingerprint density at radius 3 is 2.74 bits per heavy atom. The van der Waals surface area contributed by atoms with Gasteiger partial charge in [-0.1, -0.05) is 45.4 Å². The number of carbonyl (C=O) groups is 2. The van der Waals surface area contributed by atoms with Gasteiger partial charge in [0.25, 0.3) is 5.91 Å². The van der Waals surface area contributed by atoms with Gasteiger partial charge in [0.2, 0.25) is 5.91 Å². The van der Waals surface area contributed by atoms with Crippen molar-refractivity contribution < 1.29 is 9.59 Å². The number of aryl methyl sites for hydroxylation is 1. The molecular formula is C21H27N3O2S. The molecule has 1 aliphatic rings. The maximum atomic E-state index is 12.9. The minimum absolute atomic E-state index is 0.0206. The monoisotopic (exact) mass is 385 g/mol. The Bertz CT molecular complexity index is 803. The number of hydrogen-bond donors (Lipinski definition) is 2. The molecule has 3 atom stereocenters. The molecule has 6 heteroatoms. The van der Waals surface area contributed by atoms with Gasteiger partial charge in [0, 0.05) is 10.4 Å². The smallest absolute Gasteiger partial charge is 0.251 e. The highest BCUT2D eigenvalue weighted by Crippen LogP contribution is 2.32. The Labute approximate surface area is 164 Å². The topological polar surface area (TPSA) is 71.1 Å². The van der Waals surface area contributed by atoms with Gasteiger partial charge in [-0.3, -0.25) is 9.59 Å². The van der Waals surface area contributed by atoms with Crippen LogP contribution in [-0.4, -0.2) is 22.8 Å². The lowest BCUT2D eigenvalue weighted by molar-refractivity contribution is -0.119. The van der Waals surface area contributed by atoms with Crippen LogP contribution in [0.15, 0.2) is 30.3 Å². The number of anilines is 1. The van der Waals surface area contributed by atoms with Crippen molar-refractivity contribution in [2.24, 2.45) is 11.8 Å². The van der Waals surface area contributed by atoms with Crippen LogP contribution >= 0.6 is 11.3 Å². The number of carbonyl (C=O) groups excluding carboxylic acids is 2. The molecule has 2 aromatic rings. The van der Waals surface area contributed by atoms with Crippen molar-refractivity contribution in [2.45, 2.75) is 52.5 Å².